The highest BCUT2D eigenvalue weighted by molar-refractivity contribution is 5.39. The number of β-amino-alcohol motifs (C(OH)–C–C–N with tert-alkyl or cyclic N) is 1. The van der Waals surface area contributed by atoms with Gasteiger partial charge in [-0.15, -0.1) is 0 Å². The maximum atomic E-state index is 10.2. The van der Waals surface area contributed by atoms with E-state index in [1.54, 1.807) is 12.1 Å². The van der Waals surface area contributed by atoms with Crippen molar-refractivity contribution in [3.8, 4) is 0 Å². The Bertz CT molecular complexity index is 367. The zero-order valence-corrected chi connectivity index (χ0v) is 10.6. The molecular weight excluding hydrogens is 228 g/mol. The summed E-state index contributed by atoms with van der Waals surface area (Å²) in [5.74, 6) is 0. The summed E-state index contributed by atoms with van der Waals surface area (Å²) in [6.45, 7) is 1.71. The molecule has 1 aliphatic heterocycles. The number of hydrogen-bond donors (Lipinski definition) is 3. The summed E-state index contributed by atoms with van der Waals surface area (Å²) in [6, 6.07) is 7.52. The summed E-state index contributed by atoms with van der Waals surface area (Å²) in [4.78, 5) is 2.19. The highest BCUT2D eigenvalue weighted by Crippen LogP contribution is 2.21. The van der Waals surface area contributed by atoms with Gasteiger partial charge in [-0.3, -0.25) is 4.90 Å². The minimum absolute atomic E-state index is 0.175. The van der Waals surface area contributed by atoms with E-state index in [2.05, 4.69) is 4.90 Å². The lowest BCUT2D eigenvalue weighted by Crippen LogP contribution is -2.43. The van der Waals surface area contributed by atoms with Crippen LogP contribution in [0.5, 0.6) is 0 Å². The summed E-state index contributed by atoms with van der Waals surface area (Å²) in [5.41, 5.74) is 7.22. The van der Waals surface area contributed by atoms with Gasteiger partial charge in [0.05, 0.1) is 12.7 Å². The lowest BCUT2D eigenvalue weighted by molar-refractivity contribution is 0.0417. The fraction of sp³-hybridized carbons (Fsp3) is 0.571. The van der Waals surface area contributed by atoms with E-state index >= 15 is 0 Å². The Morgan fingerprint density at radius 3 is 2.67 bits per heavy atom. The lowest BCUT2D eigenvalue weighted by Gasteiger charge is -2.35. The van der Waals surface area contributed by atoms with Gasteiger partial charge in [0.1, 0.15) is 0 Å². The number of nitrogen functional groups attached to an aromatic ring is 1. The molecule has 0 saturated carbocycles. The molecule has 4 nitrogen and oxygen atoms in total. The quantitative estimate of drug-likeness (QED) is 0.701. The van der Waals surface area contributed by atoms with Crippen LogP contribution in [0.1, 0.15) is 30.9 Å². The molecule has 1 aliphatic rings. The van der Waals surface area contributed by atoms with E-state index in [1.807, 2.05) is 12.1 Å². The van der Waals surface area contributed by atoms with Gasteiger partial charge in [-0.05, 0) is 37.1 Å². The topological polar surface area (TPSA) is 69.7 Å². The third kappa shape index (κ3) is 3.22. The largest absolute Gasteiger partial charge is 0.399 e. The number of aliphatic hydroxyl groups excluding tert-OH is 2. The van der Waals surface area contributed by atoms with E-state index < -0.39 is 6.10 Å². The van der Waals surface area contributed by atoms with Crippen molar-refractivity contribution >= 4 is 5.69 Å². The first-order chi connectivity index (χ1) is 8.70. The van der Waals surface area contributed by atoms with E-state index in [1.165, 1.54) is 6.42 Å². The number of hydrogen-bond acceptors (Lipinski definition) is 4. The molecule has 4 N–H and O–H groups in total. The average Bonchev–Trinajstić information content (AvgIpc) is 2.40. The first-order valence-corrected chi connectivity index (χ1v) is 6.59. The van der Waals surface area contributed by atoms with Crippen LogP contribution in [-0.4, -0.2) is 40.9 Å². The zero-order chi connectivity index (χ0) is 13.0. The molecule has 0 radical (unpaired) electrons. The van der Waals surface area contributed by atoms with Crippen molar-refractivity contribution in [3.05, 3.63) is 29.8 Å². The number of benzene rings is 1. The minimum Gasteiger partial charge on any atom is -0.399 e. The fourth-order valence-electron chi connectivity index (χ4n) is 2.55. The molecule has 1 heterocycles. The predicted molar refractivity (Wildman–Crippen MR) is 72.1 cm³/mol. The van der Waals surface area contributed by atoms with Crippen LogP contribution in [0.15, 0.2) is 24.3 Å². The molecule has 0 spiro atoms. The Balaban J connectivity index is 1.97. The average molecular weight is 250 g/mol. The molecular formula is C14H22N2O2. The van der Waals surface area contributed by atoms with Crippen LogP contribution in [-0.2, 0) is 0 Å². The second-order valence-corrected chi connectivity index (χ2v) is 5.01. The maximum absolute atomic E-state index is 10.2. The second-order valence-electron chi connectivity index (χ2n) is 5.01. The Labute approximate surface area is 108 Å². The van der Waals surface area contributed by atoms with E-state index in [-0.39, 0.29) is 12.6 Å². The van der Waals surface area contributed by atoms with E-state index in [0.29, 0.717) is 12.2 Å². The van der Waals surface area contributed by atoms with Gasteiger partial charge < -0.3 is 15.9 Å². The third-order valence-corrected chi connectivity index (χ3v) is 3.69. The molecule has 0 aliphatic carbocycles. The van der Waals surface area contributed by atoms with Gasteiger partial charge in [0.2, 0.25) is 0 Å². The lowest BCUT2D eigenvalue weighted by atomic mass is 10.0. The number of piperidine rings is 1. The molecule has 1 aromatic carbocycles. The summed E-state index contributed by atoms with van der Waals surface area (Å²) >= 11 is 0. The normalized spacial score (nSPS) is 22.9. The highest BCUT2D eigenvalue weighted by atomic mass is 16.3. The molecule has 2 rings (SSSR count). The summed E-state index contributed by atoms with van der Waals surface area (Å²) in [7, 11) is 0. The molecule has 0 amide bonds. The van der Waals surface area contributed by atoms with Crippen LogP contribution in [0.3, 0.4) is 0 Å². The van der Waals surface area contributed by atoms with Crippen molar-refractivity contribution in [2.75, 3.05) is 25.4 Å². The molecule has 1 saturated heterocycles. The SMILES string of the molecule is Nc1ccc(C(O)CN2CCCCC2CO)cc1. The molecule has 0 aromatic heterocycles. The Hall–Kier alpha value is -1.10. The van der Waals surface area contributed by atoms with Gasteiger partial charge >= 0.3 is 0 Å². The van der Waals surface area contributed by atoms with E-state index in [4.69, 9.17) is 5.73 Å². The van der Waals surface area contributed by atoms with Crippen molar-refractivity contribution < 1.29 is 10.2 Å². The summed E-state index contributed by atoms with van der Waals surface area (Å²) < 4.78 is 0. The van der Waals surface area contributed by atoms with Crippen molar-refractivity contribution in [1.29, 1.82) is 0 Å². The molecule has 2 unspecified atom stereocenters. The molecule has 100 valence electrons. The molecule has 2 atom stereocenters. The van der Waals surface area contributed by atoms with Crippen molar-refractivity contribution in [3.63, 3.8) is 0 Å². The summed E-state index contributed by atoms with van der Waals surface area (Å²) in [5, 5.41) is 19.6. The zero-order valence-electron chi connectivity index (χ0n) is 10.6. The Morgan fingerprint density at radius 2 is 2.00 bits per heavy atom. The van der Waals surface area contributed by atoms with Gasteiger partial charge in [0.15, 0.2) is 0 Å². The van der Waals surface area contributed by atoms with E-state index in [0.717, 1.165) is 24.9 Å². The first-order valence-electron chi connectivity index (χ1n) is 6.59. The Kier molecular flexibility index (Phi) is 4.58. The first kappa shape index (κ1) is 13.3. The monoisotopic (exact) mass is 250 g/mol. The van der Waals surface area contributed by atoms with Crippen molar-refractivity contribution in [2.45, 2.75) is 31.4 Å². The molecule has 4 heteroatoms. The van der Waals surface area contributed by atoms with Gasteiger partial charge in [0, 0.05) is 18.3 Å². The number of likely N-dealkylation sites (tertiary alicyclic amines) is 1. The van der Waals surface area contributed by atoms with Crippen LogP contribution in [0.4, 0.5) is 5.69 Å². The number of aliphatic hydroxyl groups is 2. The van der Waals surface area contributed by atoms with Gasteiger partial charge in [0.25, 0.3) is 0 Å². The second kappa shape index (κ2) is 6.18. The standard InChI is InChI=1S/C14H22N2O2/c15-12-6-4-11(5-7-12)14(18)9-16-8-2-1-3-13(16)10-17/h4-7,13-14,17-18H,1-3,8-10,15H2. The van der Waals surface area contributed by atoms with Crippen LogP contribution >= 0.6 is 0 Å². The van der Waals surface area contributed by atoms with Gasteiger partial charge in [-0.25, -0.2) is 0 Å². The predicted octanol–water partition coefficient (Wildman–Crippen LogP) is 1.15. The van der Waals surface area contributed by atoms with Crippen molar-refractivity contribution in [2.24, 2.45) is 0 Å². The van der Waals surface area contributed by atoms with Crippen LogP contribution in [0, 0.1) is 0 Å². The smallest absolute Gasteiger partial charge is 0.0917 e. The van der Waals surface area contributed by atoms with Gasteiger partial charge in [-0.2, -0.15) is 0 Å². The van der Waals surface area contributed by atoms with Gasteiger partial charge in [-0.1, -0.05) is 18.6 Å². The number of anilines is 1. The molecule has 0 bridgehead atoms. The minimum atomic E-state index is -0.516. The maximum Gasteiger partial charge on any atom is 0.0917 e. The molecule has 1 aromatic rings. The van der Waals surface area contributed by atoms with E-state index in [9.17, 15) is 10.2 Å². The number of nitrogens with two attached hydrogens (primary N) is 1. The van der Waals surface area contributed by atoms with Crippen LogP contribution in [0.25, 0.3) is 0 Å². The number of rotatable bonds is 4. The summed E-state index contributed by atoms with van der Waals surface area (Å²) in [6.07, 6.45) is 2.81. The number of nitrogens with zero attached hydrogens (tertiary/aromatic N) is 1. The fourth-order valence-corrected chi connectivity index (χ4v) is 2.55. The highest BCUT2D eigenvalue weighted by Gasteiger charge is 2.24. The molecule has 1 fully saturated rings. The van der Waals surface area contributed by atoms with Crippen molar-refractivity contribution in [1.82, 2.24) is 4.90 Å². The Morgan fingerprint density at radius 1 is 1.28 bits per heavy atom. The van der Waals surface area contributed by atoms with Crippen LogP contribution < -0.4 is 5.73 Å². The third-order valence-electron chi connectivity index (χ3n) is 3.69. The van der Waals surface area contributed by atoms with Crippen LogP contribution in [0.2, 0.25) is 0 Å². The molecule has 18 heavy (non-hydrogen) atoms.